The van der Waals surface area contributed by atoms with E-state index >= 15 is 0 Å². The first-order chi connectivity index (χ1) is 7.13. The number of benzene rings is 1. The predicted octanol–water partition coefficient (Wildman–Crippen LogP) is 3.86. The molecule has 0 N–H and O–H groups in total. The van der Waals surface area contributed by atoms with E-state index in [0.717, 1.165) is 22.2 Å². The highest BCUT2D eigenvalue weighted by molar-refractivity contribution is 6.45. The molecule has 0 aliphatic heterocycles. The Morgan fingerprint density at radius 2 is 2.00 bits per heavy atom. The number of aryl methyl sites for hydroxylation is 1. The van der Waals surface area contributed by atoms with Crippen LogP contribution in [0.2, 0.25) is 10.0 Å². The minimum absolute atomic E-state index is 0.455. The van der Waals surface area contributed by atoms with Gasteiger partial charge in [0.05, 0.1) is 22.7 Å². The van der Waals surface area contributed by atoms with Crippen LogP contribution in [0.3, 0.4) is 0 Å². The van der Waals surface area contributed by atoms with Gasteiger partial charge < -0.3 is 4.74 Å². The largest absolute Gasteiger partial charge is 0.497 e. The van der Waals surface area contributed by atoms with Crippen molar-refractivity contribution in [1.29, 1.82) is 0 Å². The van der Waals surface area contributed by atoms with Crippen molar-refractivity contribution < 1.29 is 4.74 Å². The van der Waals surface area contributed by atoms with Crippen molar-refractivity contribution in [1.82, 2.24) is 4.98 Å². The molecule has 0 bridgehead atoms. The summed E-state index contributed by atoms with van der Waals surface area (Å²) in [5.41, 5.74) is 1.87. The maximum Gasteiger partial charge on any atom is 0.119 e. The van der Waals surface area contributed by atoms with Crippen LogP contribution in [0.25, 0.3) is 10.9 Å². The molecule has 0 unspecified atom stereocenters. The van der Waals surface area contributed by atoms with Crippen molar-refractivity contribution >= 4 is 34.1 Å². The number of aromatic nitrogens is 1. The van der Waals surface area contributed by atoms with E-state index in [1.54, 1.807) is 13.3 Å². The molecule has 1 heterocycles. The summed E-state index contributed by atoms with van der Waals surface area (Å²) in [5.74, 6) is 0.756. The van der Waals surface area contributed by atoms with Gasteiger partial charge in [-0.25, -0.2) is 0 Å². The lowest BCUT2D eigenvalue weighted by molar-refractivity contribution is 0.415. The Bertz CT molecular complexity index is 525. The maximum absolute atomic E-state index is 6.10. The Labute approximate surface area is 97.8 Å². The van der Waals surface area contributed by atoms with Gasteiger partial charge in [0.25, 0.3) is 0 Å². The zero-order valence-electron chi connectivity index (χ0n) is 8.34. The average molecular weight is 242 g/mol. The SMILES string of the molecule is COc1cc(C)c2ncc(Cl)c(Cl)c2c1. The van der Waals surface area contributed by atoms with Gasteiger partial charge in [-0.3, -0.25) is 4.98 Å². The lowest BCUT2D eigenvalue weighted by Gasteiger charge is -2.07. The average Bonchev–Trinajstić information content (AvgIpc) is 2.23. The summed E-state index contributed by atoms with van der Waals surface area (Å²) < 4.78 is 5.17. The third-order valence-electron chi connectivity index (χ3n) is 2.26. The highest BCUT2D eigenvalue weighted by Crippen LogP contribution is 2.33. The molecule has 78 valence electrons. The second-order valence-electron chi connectivity index (χ2n) is 3.26. The highest BCUT2D eigenvalue weighted by atomic mass is 35.5. The van der Waals surface area contributed by atoms with E-state index in [-0.39, 0.29) is 0 Å². The summed E-state index contributed by atoms with van der Waals surface area (Å²) >= 11 is 12.0. The molecule has 0 spiro atoms. The number of methoxy groups -OCH3 is 1. The second kappa shape index (κ2) is 3.87. The molecule has 0 saturated heterocycles. The van der Waals surface area contributed by atoms with E-state index < -0.39 is 0 Å². The molecule has 2 aromatic rings. The van der Waals surface area contributed by atoms with Gasteiger partial charge in [0, 0.05) is 11.6 Å². The first kappa shape index (κ1) is 10.5. The Hall–Kier alpha value is -0.990. The van der Waals surface area contributed by atoms with Gasteiger partial charge >= 0.3 is 0 Å². The molecule has 2 rings (SSSR count). The van der Waals surface area contributed by atoms with Crippen LogP contribution in [0, 0.1) is 6.92 Å². The Morgan fingerprint density at radius 1 is 1.27 bits per heavy atom. The first-order valence-electron chi connectivity index (χ1n) is 4.42. The van der Waals surface area contributed by atoms with Gasteiger partial charge in [0.15, 0.2) is 0 Å². The van der Waals surface area contributed by atoms with E-state index in [1.165, 1.54) is 0 Å². The molecule has 0 radical (unpaired) electrons. The summed E-state index contributed by atoms with van der Waals surface area (Å²) in [5, 5.41) is 1.79. The molecule has 4 heteroatoms. The highest BCUT2D eigenvalue weighted by Gasteiger charge is 2.08. The number of rotatable bonds is 1. The molecule has 2 nitrogen and oxygen atoms in total. The number of halogens is 2. The summed E-state index contributed by atoms with van der Waals surface area (Å²) in [7, 11) is 1.62. The number of fused-ring (bicyclic) bond motifs is 1. The lowest BCUT2D eigenvalue weighted by atomic mass is 10.1. The Kier molecular flexibility index (Phi) is 2.72. The van der Waals surface area contributed by atoms with Gasteiger partial charge in [0.1, 0.15) is 5.75 Å². The first-order valence-corrected chi connectivity index (χ1v) is 5.17. The van der Waals surface area contributed by atoms with Gasteiger partial charge in [0.2, 0.25) is 0 Å². The van der Waals surface area contributed by atoms with Crippen LogP contribution < -0.4 is 4.74 Å². The second-order valence-corrected chi connectivity index (χ2v) is 4.05. The predicted molar refractivity (Wildman–Crippen MR) is 63.1 cm³/mol. The van der Waals surface area contributed by atoms with Crippen molar-refractivity contribution in [3.05, 3.63) is 33.9 Å². The van der Waals surface area contributed by atoms with Crippen LogP contribution in [0.1, 0.15) is 5.56 Å². The summed E-state index contributed by atoms with van der Waals surface area (Å²) in [4.78, 5) is 4.24. The number of hydrogen-bond donors (Lipinski definition) is 0. The smallest absolute Gasteiger partial charge is 0.119 e. The van der Waals surface area contributed by atoms with Crippen molar-refractivity contribution in [2.45, 2.75) is 6.92 Å². The molecule has 0 fully saturated rings. The van der Waals surface area contributed by atoms with Crippen molar-refractivity contribution in [3.8, 4) is 5.75 Å². The summed E-state index contributed by atoms with van der Waals surface area (Å²) in [6.45, 7) is 1.96. The van der Waals surface area contributed by atoms with Crippen LogP contribution in [-0.4, -0.2) is 12.1 Å². The lowest BCUT2D eigenvalue weighted by Crippen LogP contribution is -1.89. The van der Waals surface area contributed by atoms with Gasteiger partial charge in [-0.05, 0) is 24.6 Å². The fraction of sp³-hybridized carbons (Fsp3) is 0.182. The van der Waals surface area contributed by atoms with E-state index in [2.05, 4.69) is 4.98 Å². The van der Waals surface area contributed by atoms with E-state index in [4.69, 9.17) is 27.9 Å². The molecule has 0 saturated carbocycles. The number of nitrogens with zero attached hydrogens (tertiary/aromatic N) is 1. The van der Waals surface area contributed by atoms with Crippen LogP contribution in [0.4, 0.5) is 0 Å². The molecule has 15 heavy (non-hydrogen) atoms. The summed E-state index contributed by atoms with van der Waals surface area (Å²) in [6, 6.07) is 3.75. The Morgan fingerprint density at radius 3 is 2.67 bits per heavy atom. The van der Waals surface area contributed by atoms with Crippen molar-refractivity contribution in [3.63, 3.8) is 0 Å². The van der Waals surface area contributed by atoms with Gasteiger partial charge in [-0.2, -0.15) is 0 Å². The maximum atomic E-state index is 6.10. The zero-order chi connectivity index (χ0) is 11.0. The molecule has 0 aliphatic rings. The molecular formula is C11H9Cl2NO. The van der Waals surface area contributed by atoms with E-state index in [9.17, 15) is 0 Å². The minimum atomic E-state index is 0.455. The van der Waals surface area contributed by atoms with Crippen LogP contribution in [0.5, 0.6) is 5.75 Å². The molecular weight excluding hydrogens is 233 g/mol. The standard InChI is InChI=1S/C11H9Cl2NO/c1-6-3-7(15-2)4-8-10(13)9(12)5-14-11(6)8/h3-5H,1-2H3. The third-order valence-corrected chi connectivity index (χ3v) is 3.05. The quantitative estimate of drug-likeness (QED) is 0.757. The minimum Gasteiger partial charge on any atom is -0.497 e. The topological polar surface area (TPSA) is 22.1 Å². The number of hydrogen-bond acceptors (Lipinski definition) is 2. The zero-order valence-corrected chi connectivity index (χ0v) is 9.86. The molecule has 0 atom stereocenters. The monoisotopic (exact) mass is 241 g/mol. The number of pyridine rings is 1. The van der Waals surface area contributed by atoms with E-state index in [0.29, 0.717) is 10.0 Å². The molecule has 0 aliphatic carbocycles. The van der Waals surface area contributed by atoms with Crippen molar-refractivity contribution in [2.75, 3.05) is 7.11 Å². The third kappa shape index (κ3) is 1.75. The van der Waals surface area contributed by atoms with Crippen LogP contribution in [0.15, 0.2) is 18.3 Å². The Balaban J connectivity index is 2.86. The fourth-order valence-electron chi connectivity index (χ4n) is 1.51. The van der Waals surface area contributed by atoms with Crippen LogP contribution >= 0.6 is 23.2 Å². The van der Waals surface area contributed by atoms with E-state index in [1.807, 2.05) is 19.1 Å². The molecule has 1 aromatic carbocycles. The molecule has 1 aromatic heterocycles. The molecule has 0 amide bonds. The number of ether oxygens (including phenoxy) is 1. The summed E-state index contributed by atoms with van der Waals surface area (Å²) in [6.07, 6.45) is 1.56. The fourth-order valence-corrected chi connectivity index (χ4v) is 1.85. The normalized spacial score (nSPS) is 10.7. The van der Waals surface area contributed by atoms with Crippen LogP contribution in [-0.2, 0) is 0 Å². The van der Waals surface area contributed by atoms with Crippen molar-refractivity contribution in [2.24, 2.45) is 0 Å². The van der Waals surface area contributed by atoms with Gasteiger partial charge in [-0.1, -0.05) is 23.2 Å². The van der Waals surface area contributed by atoms with Gasteiger partial charge in [-0.15, -0.1) is 0 Å².